The highest BCUT2D eigenvalue weighted by molar-refractivity contribution is 7.85. The van der Waals surface area contributed by atoms with E-state index in [-0.39, 0.29) is 25.3 Å². The zero-order chi connectivity index (χ0) is 37.7. The Morgan fingerprint density at radius 2 is 1.79 bits per heavy atom. The van der Waals surface area contributed by atoms with Gasteiger partial charge in [-0.05, 0) is 82.0 Å². The summed E-state index contributed by atoms with van der Waals surface area (Å²) in [6.45, 7) is 6.72. The molecule has 4 amide bonds. The Kier molecular flexibility index (Phi) is 12.2. The molecule has 3 fully saturated rings. The minimum atomic E-state index is -4.39. The Bertz CT molecular complexity index is 1740. The summed E-state index contributed by atoms with van der Waals surface area (Å²) in [5.74, 6) is -1.44. The summed E-state index contributed by atoms with van der Waals surface area (Å²) in [4.78, 5) is 59.5. The van der Waals surface area contributed by atoms with E-state index in [0.29, 0.717) is 36.3 Å². The van der Waals surface area contributed by atoms with Crippen molar-refractivity contribution < 1.29 is 46.0 Å². The fourth-order valence-electron chi connectivity index (χ4n) is 6.51. The van der Waals surface area contributed by atoms with Gasteiger partial charge in [0.05, 0.1) is 19.8 Å². The van der Waals surface area contributed by atoms with Crippen LogP contribution >= 0.6 is 0 Å². The molecule has 4 atom stereocenters. The first-order valence-electron chi connectivity index (χ1n) is 18.1. The fraction of sp³-hybridized carbons (Fsp3) is 0.639. The molecule has 16 heteroatoms. The molecule has 3 aliphatic rings. The SMILES string of the molecule is CCCCCCC[C@@H]1C[C@]1(NC(=O)[C@@H]1CC(Oc2nccc3cc(OC)ccc23)CN1C(=O)CNC(=O)OC(C)(C)C)C(=O)NS(=O)(=O)OC1CC1. The average molecular weight is 746 g/mol. The molecule has 3 N–H and O–H groups in total. The number of pyridine rings is 1. The Balaban J connectivity index is 1.35. The van der Waals surface area contributed by atoms with E-state index in [1.807, 2.05) is 22.9 Å². The Hall–Kier alpha value is -4.18. The molecule has 2 aliphatic carbocycles. The van der Waals surface area contributed by atoms with E-state index < -0.39 is 70.1 Å². The van der Waals surface area contributed by atoms with Crippen LogP contribution < -0.4 is 24.8 Å². The lowest BCUT2D eigenvalue weighted by molar-refractivity contribution is -0.139. The summed E-state index contributed by atoms with van der Waals surface area (Å²) in [7, 11) is -2.82. The molecule has 0 spiro atoms. The van der Waals surface area contributed by atoms with E-state index in [1.165, 1.54) is 4.90 Å². The van der Waals surface area contributed by atoms with Crippen molar-refractivity contribution in [3.8, 4) is 11.6 Å². The second kappa shape index (κ2) is 16.2. The first kappa shape index (κ1) is 39.0. The number of unbranched alkanes of at least 4 members (excludes halogenated alkanes) is 4. The van der Waals surface area contributed by atoms with Gasteiger partial charge in [0.25, 0.3) is 5.91 Å². The number of aromatic nitrogens is 1. The number of likely N-dealkylation sites (tertiary alicyclic amines) is 1. The van der Waals surface area contributed by atoms with Crippen molar-refractivity contribution in [1.82, 2.24) is 25.2 Å². The van der Waals surface area contributed by atoms with Crippen LogP contribution in [0.4, 0.5) is 4.79 Å². The lowest BCUT2D eigenvalue weighted by atomic mass is 10.0. The molecular formula is C36H51N5O10S. The van der Waals surface area contributed by atoms with E-state index in [0.717, 1.165) is 37.5 Å². The van der Waals surface area contributed by atoms with Crippen LogP contribution in [-0.4, -0.2) is 91.7 Å². The van der Waals surface area contributed by atoms with Crippen molar-refractivity contribution in [2.45, 2.75) is 121 Å². The van der Waals surface area contributed by atoms with E-state index in [2.05, 4.69) is 22.5 Å². The maximum absolute atomic E-state index is 14.2. The Morgan fingerprint density at radius 1 is 1.04 bits per heavy atom. The zero-order valence-electron chi connectivity index (χ0n) is 30.6. The molecule has 0 bridgehead atoms. The number of rotatable bonds is 17. The van der Waals surface area contributed by atoms with E-state index >= 15 is 0 Å². The summed E-state index contributed by atoms with van der Waals surface area (Å²) in [6.07, 6.45) is 6.64. The molecule has 0 radical (unpaired) electrons. The molecule has 2 heterocycles. The maximum atomic E-state index is 14.2. The second-order valence-electron chi connectivity index (χ2n) is 14.8. The summed E-state index contributed by atoms with van der Waals surface area (Å²) >= 11 is 0. The topological polar surface area (TPSA) is 192 Å². The number of ether oxygens (including phenoxy) is 3. The van der Waals surface area contributed by atoms with Crippen molar-refractivity contribution in [1.29, 1.82) is 0 Å². The molecule has 2 saturated carbocycles. The van der Waals surface area contributed by atoms with E-state index in [4.69, 9.17) is 18.4 Å². The van der Waals surface area contributed by atoms with Crippen molar-refractivity contribution in [2.75, 3.05) is 20.2 Å². The lowest BCUT2D eigenvalue weighted by Crippen LogP contribution is -2.57. The number of carbonyl (C=O) groups excluding carboxylic acids is 4. The van der Waals surface area contributed by atoms with Crippen molar-refractivity contribution in [3.63, 3.8) is 0 Å². The third-order valence-electron chi connectivity index (χ3n) is 9.40. The van der Waals surface area contributed by atoms with Crippen molar-refractivity contribution in [2.24, 2.45) is 5.92 Å². The van der Waals surface area contributed by atoms with Crippen LogP contribution in [0.3, 0.4) is 0 Å². The van der Waals surface area contributed by atoms with Gasteiger partial charge in [-0.3, -0.25) is 18.6 Å². The van der Waals surface area contributed by atoms with E-state index in [9.17, 15) is 27.6 Å². The van der Waals surface area contributed by atoms with Gasteiger partial charge in [0.2, 0.25) is 17.7 Å². The van der Waals surface area contributed by atoms with Gasteiger partial charge in [0.15, 0.2) is 0 Å². The number of nitrogens with zero attached hydrogens (tertiary/aromatic N) is 2. The number of amides is 4. The van der Waals surface area contributed by atoms with Crippen LogP contribution in [0.1, 0.15) is 91.9 Å². The predicted octanol–water partition coefficient (Wildman–Crippen LogP) is 3.89. The number of nitrogens with one attached hydrogen (secondary N) is 3. The molecule has 1 unspecified atom stereocenters. The highest BCUT2D eigenvalue weighted by Gasteiger charge is 2.62. The number of hydrogen-bond acceptors (Lipinski definition) is 11. The van der Waals surface area contributed by atoms with Crippen LogP contribution in [0.15, 0.2) is 30.5 Å². The maximum Gasteiger partial charge on any atom is 0.408 e. The van der Waals surface area contributed by atoms with Gasteiger partial charge in [-0.2, -0.15) is 8.42 Å². The molecule has 286 valence electrons. The number of fused-ring (bicyclic) bond motifs is 1. The number of methoxy groups -OCH3 is 1. The van der Waals surface area contributed by atoms with E-state index in [1.54, 1.807) is 40.1 Å². The third kappa shape index (κ3) is 10.2. The van der Waals surface area contributed by atoms with Gasteiger partial charge < -0.3 is 29.7 Å². The second-order valence-corrected chi connectivity index (χ2v) is 16.1. The first-order chi connectivity index (χ1) is 24.6. The highest BCUT2D eigenvalue weighted by atomic mass is 32.2. The van der Waals surface area contributed by atoms with Crippen LogP contribution in [0, 0.1) is 5.92 Å². The van der Waals surface area contributed by atoms with Crippen LogP contribution in [0.2, 0.25) is 0 Å². The van der Waals surface area contributed by atoms with Crippen LogP contribution in [0.25, 0.3) is 10.8 Å². The predicted molar refractivity (Wildman–Crippen MR) is 191 cm³/mol. The molecule has 2 aromatic rings. The molecule has 15 nitrogen and oxygen atoms in total. The van der Waals surface area contributed by atoms with Crippen molar-refractivity contribution >= 4 is 44.9 Å². The molecule has 1 saturated heterocycles. The third-order valence-corrected chi connectivity index (χ3v) is 10.4. The van der Waals surface area contributed by atoms with Crippen LogP contribution in [-0.2, 0) is 33.6 Å². The lowest BCUT2D eigenvalue weighted by Gasteiger charge is -2.27. The summed E-state index contributed by atoms with van der Waals surface area (Å²) < 4.78 is 49.3. The Labute approximate surface area is 305 Å². The standard InChI is InChI=1S/C36H51N5O10S/c1-6-7-8-9-10-11-24-20-36(24,33(44)40-52(46,47)51-25-12-13-25)39-31(43)29-19-27(22-41(29)30(42)21-38-34(45)50-35(2,3)4)49-32-28-15-14-26(48-5)18-23(28)16-17-37-32/h14-18,24-25,27,29H,6-13,19-22H2,1-5H3,(H,38,45)(H,39,43)(H,40,44)/t24-,27?,29+,36-/m1/s1. The zero-order valence-corrected chi connectivity index (χ0v) is 31.4. The smallest absolute Gasteiger partial charge is 0.408 e. The summed E-state index contributed by atoms with van der Waals surface area (Å²) in [5.41, 5.74) is -2.29. The Morgan fingerprint density at radius 3 is 2.48 bits per heavy atom. The van der Waals surface area contributed by atoms with Crippen molar-refractivity contribution in [3.05, 3.63) is 30.5 Å². The number of benzene rings is 1. The summed E-state index contributed by atoms with van der Waals surface area (Å²) in [5, 5.41) is 6.81. The highest BCUT2D eigenvalue weighted by Crippen LogP contribution is 2.48. The van der Waals surface area contributed by atoms with Gasteiger partial charge in [-0.25, -0.2) is 14.5 Å². The quantitative estimate of drug-likeness (QED) is 0.199. The average Bonchev–Trinajstić information content (AvgIpc) is 3.98. The number of alkyl carbamates (subject to hydrolysis) is 1. The normalized spacial score (nSPS) is 22.8. The van der Waals surface area contributed by atoms with Gasteiger partial charge in [-0.15, -0.1) is 0 Å². The molecule has 1 aromatic carbocycles. The van der Waals surface area contributed by atoms with Gasteiger partial charge in [0, 0.05) is 18.0 Å². The van der Waals surface area contributed by atoms with Crippen LogP contribution in [0.5, 0.6) is 11.6 Å². The monoisotopic (exact) mass is 745 g/mol. The molecule has 5 rings (SSSR count). The minimum Gasteiger partial charge on any atom is -0.497 e. The van der Waals surface area contributed by atoms with Gasteiger partial charge >= 0.3 is 16.4 Å². The molecular weight excluding hydrogens is 694 g/mol. The minimum absolute atomic E-state index is 0.0230. The van der Waals surface area contributed by atoms with Gasteiger partial charge in [0.1, 0.15) is 35.6 Å². The summed E-state index contributed by atoms with van der Waals surface area (Å²) in [6, 6.07) is 6.12. The molecule has 1 aromatic heterocycles. The van der Waals surface area contributed by atoms with Gasteiger partial charge in [-0.1, -0.05) is 39.0 Å². The molecule has 1 aliphatic heterocycles. The largest absolute Gasteiger partial charge is 0.497 e. The fourth-order valence-corrected chi connectivity index (χ4v) is 7.52. The first-order valence-corrected chi connectivity index (χ1v) is 19.5. The number of hydrogen-bond donors (Lipinski definition) is 3. The molecule has 52 heavy (non-hydrogen) atoms. The number of carbonyl (C=O) groups is 4.